The molecule has 0 unspecified atom stereocenters. The molecule has 0 bridgehead atoms. The van der Waals surface area contributed by atoms with E-state index < -0.39 is 23.2 Å². The zero-order chi connectivity index (χ0) is 16.2. The number of hydrogen-bond donors (Lipinski definition) is 2. The van der Waals surface area contributed by atoms with Crippen molar-refractivity contribution in [3.8, 4) is 5.69 Å². The molecular formula is C13H6Cl2FN3O3. The second kappa shape index (κ2) is 4.82. The Morgan fingerprint density at radius 1 is 1.05 bits per heavy atom. The highest BCUT2D eigenvalue weighted by molar-refractivity contribution is 6.38. The summed E-state index contributed by atoms with van der Waals surface area (Å²) in [5, 5.41) is 1.70. The molecule has 0 atom stereocenters. The molecule has 0 aliphatic carbocycles. The van der Waals surface area contributed by atoms with Gasteiger partial charge in [-0.15, -0.1) is 0 Å². The average molecular weight is 342 g/mol. The van der Waals surface area contributed by atoms with Crippen LogP contribution in [0.1, 0.15) is 20.7 Å². The molecule has 0 radical (unpaired) electrons. The molecule has 112 valence electrons. The van der Waals surface area contributed by atoms with Crippen molar-refractivity contribution in [3.63, 3.8) is 0 Å². The van der Waals surface area contributed by atoms with Gasteiger partial charge in [0.05, 0.1) is 26.9 Å². The first-order valence-electron chi connectivity index (χ1n) is 5.87. The third-order valence-corrected chi connectivity index (χ3v) is 3.73. The van der Waals surface area contributed by atoms with Crippen molar-refractivity contribution in [2.75, 3.05) is 5.73 Å². The number of anilines is 1. The van der Waals surface area contributed by atoms with Crippen LogP contribution in [0.15, 0.2) is 23.0 Å². The van der Waals surface area contributed by atoms with Gasteiger partial charge < -0.3 is 5.73 Å². The molecule has 2 heterocycles. The lowest BCUT2D eigenvalue weighted by molar-refractivity contribution is 0.0880. The number of carbonyl (C=O) groups excluding carboxylic acids is 2. The highest BCUT2D eigenvalue weighted by Crippen LogP contribution is 2.32. The molecule has 0 fully saturated rings. The van der Waals surface area contributed by atoms with Gasteiger partial charge in [-0.25, -0.2) is 4.39 Å². The van der Waals surface area contributed by atoms with E-state index >= 15 is 0 Å². The van der Waals surface area contributed by atoms with Crippen molar-refractivity contribution in [1.82, 2.24) is 9.88 Å². The largest absolute Gasteiger partial charge is 0.384 e. The average Bonchev–Trinajstić information content (AvgIpc) is 2.67. The number of nitrogens with zero attached hydrogens (tertiary/aromatic N) is 1. The lowest BCUT2D eigenvalue weighted by Crippen LogP contribution is -2.24. The van der Waals surface area contributed by atoms with Crippen LogP contribution in [-0.4, -0.2) is 16.4 Å². The Kier molecular flexibility index (Phi) is 3.19. The van der Waals surface area contributed by atoms with Gasteiger partial charge in [-0.3, -0.25) is 24.3 Å². The van der Waals surface area contributed by atoms with E-state index in [0.29, 0.717) is 0 Å². The lowest BCUT2D eigenvalue weighted by atomic mass is 10.1. The van der Waals surface area contributed by atoms with E-state index in [9.17, 15) is 18.8 Å². The topological polar surface area (TPSA) is 94.2 Å². The number of nitrogen functional groups attached to an aromatic ring is 1. The molecule has 1 aliphatic rings. The van der Waals surface area contributed by atoms with Crippen LogP contribution < -0.4 is 16.6 Å². The van der Waals surface area contributed by atoms with Crippen molar-refractivity contribution in [1.29, 1.82) is 0 Å². The minimum absolute atomic E-state index is 0.0674. The number of halogens is 3. The van der Waals surface area contributed by atoms with Crippen LogP contribution in [0.3, 0.4) is 0 Å². The quantitative estimate of drug-likeness (QED) is 0.772. The third-order valence-electron chi connectivity index (χ3n) is 3.16. The SMILES string of the molecule is Nc1c2c(cc(=O)n1-c1c(Cl)cc(F)cc1Cl)C(=O)NC2=O. The van der Waals surface area contributed by atoms with E-state index in [1.807, 2.05) is 5.32 Å². The van der Waals surface area contributed by atoms with Gasteiger partial charge in [-0.2, -0.15) is 0 Å². The molecule has 3 N–H and O–H groups in total. The molecule has 0 spiro atoms. The summed E-state index contributed by atoms with van der Waals surface area (Å²) in [5.41, 5.74) is 4.76. The number of fused-ring (bicyclic) bond motifs is 1. The monoisotopic (exact) mass is 341 g/mol. The van der Waals surface area contributed by atoms with Crippen molar-refractivity contribution in [3.05, 3.63) is 55.5 Å². The standard InChI is InChI=1S/C13H6Cl2FN3O3/c14-6-1-4(16)2-7(15)10(6)19-8(20)3-5-9(11(19)17)13(22)18-12(5)21/h1-3H,17H2,(H,18,21,22). The van der Waals surface area contributed by atoms with Crippen molar-refractivity contribution in [2.45, 2.75) is 0 Å². The van der Waals surface area contributed by atoms with Crippen LogP contribution in [0.4, 0.5) is 10.2 Å². The van der Waals surface area contributed by atoms with E-state index in [-0.39, 0.29) is 32.7 Å². The normalized spacial score (nSPS) is 13.2. The summed E-state index contributed by atoms with van der Waals surface area (Å²) in [6.45, 7) is 0. The van der Waals surface area contributed by atoms with E-state index in [1.165, 1.54) is 0 Å². The number of rotatable bonds is 1. The summed E-state index contributed by atoms with van der Waals surface area (Å²) in [6, 6.07) is 2.85. The molecule has 22 heavy (non-hydrogen) atoms. The predicted molar refractivity (Wildman–Crippen MR) is 78.2 cm³/mol. The number of aromatic nitrogens is 1. The molecule has 6 nitrogen and oxygen atoms in total. The number of nitrogens with one attached hydrogen (secondary N) is 1. The first-order chi connectivity index (χ1) is 10.3. The van der Waals surface area contributed by atoms with Gasteiger partial charge in [0.25, 0.3) is 17.4 Å². The van der Waals surface area contributed by atoms with Gasteiger partial charge in [0.2, 0.25) is 0 Å². The molecule has 3 rings (SSSR count). The summed E-state index contributed by atoms with van der Waals surface area (Å²) in [5.74, 6) is -2.45. The van der Waals surface area contributed by atoms with E-state index in [1.54, 1.807) is 0 Å². The van der Waals surface area contributed by atoms with Gasteiger partial charge in [-0.05, 0) is 12.1 Å². The Morgan fingerprint density at radius 2 is 1.64 bits per heavy atom. The predicted octanol–water partition coefficient (Wildman–Crippen LogP) is 1.75. The Morgan fingerprint density at radius 3 is 2.23 bits per heavy atom. The van der Waals surface area contributed by atoms with Crippen molar-refractivity contribution >= 4 is 40.8 Å². The van der Waals surface area contributed by atoms with Gasteiger partial charge in [-0.1, -0.05) is 23.2 Å². The fourth-order valence-corrected chi connectivity index (χ4v) is 2.89. The first-order valence-corrected chi connectivity index (χ1v) is 6.63. The Bertz CT molecular complexity index is 900. The van der Waals surface area contributed by atoms with Crippen LogP contribution in [0.2, 0.25) is 10.0 Å². The zero-order valence-corrected chi connectivity index (χ0v) is 12.1. The molecule has 1 aromatic carbocycles. The van der Waals surface area contributed by atoms with Crippen molar-refractivity contribution in [2.24, 2.45) is 0 Å². The van der Waals surface area contributed by atoms with Gasteiger partial charge in [0.15, 0.2) is 0 Å². The third kappa shape index (κ3) is 1.98. The molecule has 0 saturated carbocycles. The van der Waals surface area contributed by atoms with Crippen LogP contribution in [-0.2, 0) is 0 Å². The zero-order valence-electron chi connectivity index (χ0n) is 10.6. The van der Waals surface area contributed by atoms with Crippen LogP contribution >= 0.6 is 23.2 Å². The number of amides is 2. The van der Waals surface area contributed by atoms with Crippen molar-refractivity contribution < 1.29 is 14.0 Å². The number of imide groups is 1. The Balaban J connectivity index is 2.40. The second-order valence-corrected chi connectivity index (χ2v) is 5.31. The maximum atomic E-state index is 13.3. The minimum atomic E-state index is -0.736. The summed E-state index contributed by atoms with van der Waals surface area (Å²) < 4.78 is 14.1. The number of carbonyl (C=O) groups is 2. The van der Waals surface area contributed by atoms with E-state index in [4.69, 9.17) is 28.9 Å². The Hall–Kier alpha value is -2.38. The Labute approximate surface area is 132 Å². The highest BCUT2D eigenvalue weighted by Gasteiger charge is 2.32. The first kappa shape index (κ1) is 14.6. The summed E-state index contributed by atoms with van der Waals surface area (Å²) in [6.07, 6.45) is 0. The van der Waals surface area contributed by atoms with Gasteiger partial charge in [0.1, 0.15) is 11.6 Å². The van der Waals surface area contributed by atoms with Crippen LogP contribution in [0.25, 0.3) is 5.69 Å². The number of nitrogens with two attached hydrogens (primary N) is 1. The maximum Gasteiger partial charge on any atom is 0.262 e. The lowest BCUT2D eigenvalue weighted by Gasteiger charge is -2.14. The molecule has 9 heteroatoms. The molecule has 1 aromatic heterocycles. The minimum Gasteiger partial charge on any atom is -0.384 e. The maximum absolute atomic E-state index is 13.3. The smallest absolute Gasteiger partial charge is 0.262 e. The number of pyridine rings is 1. The van der Waals surface area contributed by atoms with E-state index in [2.05, 4.69) is 0 Å². The summed E-state index contributed by atoms with van der Waals surface area (Å²) >= 11 is 11.8. The molecule has 2 aromatic rings. The van der Waals surface area contributed by atoms with Crippen LogP contribution in [0, 0.1) is 5.82 Å². The molecular weight excluding hydrogens is 336 g/mol. The van der Waals surface area contributed by atoms with Crippen LogP contribution in [0.5, 0.6) is 0 Å². The number of hydrogen-bond acceptors (Lipinski definition) is 4. The fourth-order valence-electron chi connectivity index (χ4n) is 2.26. The fraction of sp³-hybridized carbons (Fsp3) is 0. The summed E-state index contributed by atoms with van der Waals surface area (Å²) in [7, 11) is 0. The molecule has 0 saturated heterocycles. The summed E-state index contributed by atoms with van der Waals surface area (Å²) in [4.78, 5) is 35.6. The molecule has 2 amide bonds. The second-order valence-electron chi connectivity index (χ2n) is 4.49. The van der Waals surface area contributed by atoms with E-state index in [0.717, 1.165) is 22.8 Å². The number of benzene rings is 1. The highest BCUT2D eigenvalue weighted by atomic mass is 35.5. The van der Waals surface area contributed by atoms with Gasteiger partial charge in [0, 0.05) is 6.07 Å². The molecule has 1 aliphatic heterocycles. The van der Waals surface area contributed by atoms with Gasteiger partial charge >= 0.3 is 0 Å².